The highest BCUT2D eigenvalue weighted by molar-refractivity contribution is 5.86. The van der Waals surface area contributed by atoms with Gasteiger partial charge in [0, 0.05) is 12.8 Å². The minimum absolute atomic E-state index is 0.285. The van der Waals surface area contributed by atoms with Crippen molar-refractivity contribution >= 4 is 6.21 Å². The lowest BCUT2D eigenvalue weighted by Gasteiger charge is -2.16. The van der Waals surface area contributed by atoms with Gasteiger partial charge in [-0.15, -0.1) is 0 Å². The second kappa shape index (κ2) is 4.52. The highest BCUT2D eigenvalue weighted by atomic mass is 16.7. The van der Waals surface area contributed by atoms with Crippen LogP contribution in [0, 0.1) is 0 Å². The van der Waals surface area contributed by atoms with Crippen molar-refractivity contribution in [1.29, 1.82) is 0 Å². The van der Waals surface area contributed by atoms with E-state index in [9.17, 15) is 0 Å². The number of methoxy groups -OCH3 is 1. The van der Waals surface area contributed by atoms with E-state index in [-0.39, 0.29) is 6.79 Å². The van der Waals surface area contributed by atoms with Crippen LogP contribution in [0.4, 0.5) is 0 Å². The van der Waals surface area contributed by atoms with Gasteiger partial charge in [-0.2, -0.15) is 0 Å². The fourth-order valence-electron chi connectivity index (χ4n) is 2.60. The molecule has 0 N–H and O–H groups in total. The Morgan fingerprint density at radius 1 is 1.39 bits per heavy atom. The summed E-state index contributed by atoms with van der Waals surface area (Å²) in [6.45, 7) is 4.62. The highest BCUT2D eigenvalue weighted by Crippen LogP contribution is 2.44. The topological polar surface area (TPSA) is 30.7 Å². The van der Waals surface area contributed by atoms with Crippen LogP contribution >= 0.6 is 0 Å². The van der Waals surface area contributed by atoms with Gasteiger partial charge in [0.15, 0.2) is 17.7 Å². The number of rotatable bonds is 3. The van der Waals surface area contributed by atoms with Crippen molar-refractivity contribution in [3.63, 3.8) is 0 Å². The lowest BCUT2D eigenvalue weighted by atomic mass is 10.00. The molecule has 0 atom stereocenters. The van der Waals surface area contributed by atoms with Crippen molar-refractivity contribution < 1.29 is 18.8 Å². The maximum absolute atomic E-state index is 5.52. The molecule has 0 aromatic heterocycles. The van der Waals surface area contributed by atoms with Crippen LogP contribution in [0.15, 0.2) is 6.07 Å². The van der Waals surface area contributed by atoms with E-state index in [1.807, 2.05) is 0 Å². The maximum Gasteiger partial charge on any atom is 0.231 e. The van der Waals surface area contributed by atoms with Crippen molar-refractivity contribution in [2.75, 3.05) is 27.0 Å². The van der Waals surface area contributed by atoms with Crippen molar-refractivity contribution in [2.24, 2.45) is 0 Å². The fraction of sp³-hybridized carbons (Fsp3) is 0.500. The molecule has 1 aromatic rings. The van der Waals surface area contributed by atoms with E-state index in [0.29, 0.717) is 0 Å². The Bertz CT molecular complexity index is 508. The Labute approximate surface area is 107 Å². The summed E-state index contributed by atoms with van der Waals surface area (Å²) in [6, 6.07) is 2.08. The van der Waals surface area contributed by atoms with E-state index >= 15 is 0 Å². The SMILES string of the molecule is CCC[N+]1=Cc2c(cc3c(c2OC)OCO3)CC1. The average Bonchev–Trinajstić information content (AvgIpc) is 2.84. The van der Waals surface area contributed by atoms with Crippen molar-refractivity contribution in [2.45, 2.75) is 19.8 Å². The fourth-order valence-corrected chi connectivity index (χ4v) is 2.60. The Balaban J connectivity index is 2.11. The van der Waals surface area contributed by atoms with Gasteiger partial charge in [-0.3, -0.25) is 0 Å². The van der Waals surface area contributed by atoms with Crippen LogP contribution in [0.3, 0.4) is 0 Å². The predicted octanol–water partition coefficient (Wildman–Crippen LogP) is 1.82. The van der Waals surface area contributed by atoms with E-state index in [0.717, 1.165) is 48.7 Å². The molecule has 0 fully saturated rings. The molecule has 3 rings (SSSR count). The maximum atomic E-state index is 5.52. The first kappa shape index (κ1) is 11.4. The van der Waals surface area contributed by atoms with Crippen molar-refractivity contribution in [1.82, 2.24) is 0 Å². The molecule has 0 amide bonds. The van der Waals surface area contributed by atoms with Gasteiger partial charge >= 0.3 is 0 Å². The predicted molar refractivity (Wildman–Crippen MR) is 68.3 cm³/mol. The summed E-state index contributed by atoms with van der Waals surface area (Å²) in [5.74, 6) is 2.36. The van der Waals surface area contributed by atoms with E-state index in [1.54, 1.807) is 7.11 Å². The zero-order valence-electron chi connectivity index (χ0n) is 10.9. The molecule has 18 heavy (non-hydrogen) atoms. The van der Waals surface area contributed by atoms with Crippen LogP contribution in [0.2, 0.25) is 0 Å². The molecule has 2 heterocycles. The summed E-state index contributed by atoms with van der Waals surface area (Å²) in [5.41, 5.74) is 2.42. The smallest absolute Gasteiger partial charge is 0.231 e. The molecule has 0 aliphatic carbocycles. The Morgan fingerprint density at radius 2 is 2.28 bits per heavy atom. The van der Waals surface area contributed by atoms with Crippen LogP contribution in [0.25, 0.3) is 0 Å². The van der Waals surface area contributed by atoms with E-state index in [1.165, 1.54) is 5.56 Å². The number of ether oxygens (including phenoxy) is 3. The zero-order valence-corrected chi connectivity index (χ0v) is 10.9. The third-order valence-electron chi connectivity index (χ3n) is 3.44. The van der Waals surface area contributed by atoms with Gasteiger partial charge in [0.05, 0.1) is 12.7 Å². The lowest BCUT2D eigenvalue weighted by molar-refractivity contribution is -0.524. The minimum Gasteiger partial charge on any atom is -0.492 e. The summed E-state index contributed by atoms with van der Waals surface area (Å²) in [6.07, 6.45) is 4.36. The molecule has 4 nitrogen and oxygen atoms in total. The van der Waals surface area contributed by atoms with E-state index in [2.05, 4.69) is 23.8 Å². The molecule has 0 unspecified atom stereocenters. The lowest BCUT2D eigenvalue weighted by Crippen LogP contribution is -2.23. The molecule has 0 saturated heterocycles. The van der Waals surface area contributed by atoms with Gasteiger partial charge in [-0.25, -0.2) is 4.58 Å². The van der Waals surface area contributed by atoms with Crippen LogP contribution in [-0.2, 0) is 6.42 Å². The highest BCUT2D eigenvalue weighted by Gasteiger charge is 2.28. The first-order chi connectivity index (χ1) is 8.83. The molecule has 4 heteroatoms. The number of hydrogen-bond acceptors (Lipinski definition) is 3. The van der Waals surface area contributed by atoms with E-state index < -0.39 is 0 Å². The molecule has 0 spiro atoms. The molecule has 96 valence electrons. The van der Waals surface area contributed by atoms with Crippen molar-refractivity contribution in [3.05, 3.63) is 17.2 Å². The largest absolute Gasteiger partial charge is 0.492 e. The molecular weight excluding hydrogens is 230 g/mol. The summed E-state index contributed by atoms with van der Waals surface area (Å²) in [5, 5.41) is 0. The molecule has 1 aromatic carbocycles. The molecule has 0 saturated carbocycles. The quantitative estimate of drug-likeness (QED) is 0.764. The summed E-state index contributed by atoms with van der Waals surface area (Å²) < 4.78 is 18.8. The third kappa shape index (κ3) is 1.72. The second-order valence-electron chi connectivity index (χ2n) is 4.63. The number of benzene rings is 1. The zero-order chi connectivity index (χ0) is 12.5. The van der Waals surface area contributed by atoms with Gasteiger partial charge in [0.25, 0.3) is 0 Å². The first-order valence-corrected chi connectivity index (χ1v) is 6.42. The van der Waals surface area contributed by atoms with Crippen molar-refractivity contribution in [3.8, 4) is 17.2 Å². The molecule has 0 radical (unpaired) electrons. The van der Waals surface area contributed by atoms with E-state index in [4.69, 9.17) is 14.2 Å². The number of nitrogens with zero attached hydrogens (tertiary/aromatic N) is 1. The standard InChI is InChI=1S/C14H18NO3/c1-3-5-15-6-4-10-7-12-14(18-9-17-12)13(16-2)11(10)8-15/h7-8H,3-6,9H2,1-2H3/q+1. The van der Waals surface area contributed by atoms with Gasteiger partial charge in [0.1, 0.15) is 13.1 Å². The summed E-state index contributed by atoms with van der Waals surface area (Å²) in [4.78, 5) is 0. The summed E-state index contributed by atoms with van der Waals surface area (Å²) >= 11 is 0. The molecule has 0 bridgehead atoms. The monoisotopic (exact) mass is 248 g/mol. The van der Waals surface area contributed by atoms with Crippen LogP contribution < -0.4 is 14.2 Å². The molecule has 2 aliphatic rings. The molecule has 2 aliphatic heterocycles. The van der Waals surface area contributed by atoms with Gasteiger partial charge < -0.3 is 14.2 Å². The van der Waals surface area contributed by atoms with Crippen LogP contribution in [-0.4, -0.2) is 37.8 Å². The summed E-state index contributed by atoms with van der Waals surface area (Å²) in [7, 11) is 1.68. The van der Waals surface area contributed by atoms with Gasteiger partial charge in [0.2, 0.25) is 12.5 Å². The Hall–Kier alpha value is -1.71. The molecular formula is C14H18NO3+. The minimum atomic E-state index is 0.285. The van der Waals surface area contributed by atoms with Gasteiger partial charge in [-0.05, 0) is 11.6 Å². The van der Waals surface area contributed by atoms with Gasteiger partial charge in [-0.1, -0.05) is 6.92 Å². The Morgan fingerprint density at radius 3 is 3.06 bits per heavy atom. The third-order valence-corrected chi connectivity index (χ3v) is 3.44. The van der Waals surface area contributed by atoms with Crippen LogP contribution in [0.1, 0.15) is 24.5 Å². The first-order valence-electron chi connectivity index (χ1n) is 6.42. The van der Waals surface area contributed by atoms with Crippen LogP contribution in [0.5, 0.6) is 17.2 Å². The average molecular weight is 248 g/mol. The Kier molecular flexibility index (Phi) is 2.86. The second-order valence-corrected chi connectivity index (χ2v) is 4.63. The number of hydrogen-bond donors (Lipinski definition) is 0. The normalized spacial score (nSPS) is 16.2. The number of fused-ring (bicyclic) bond motifs is 2.